The molecule has 4 atom stereocenters. The van der Waals surface area contributed by atoms with E-state index < -0.39 is 29.0 Å². The van der Waals surface area contributed by atoms with Crippen LogP contribution in [0.15, 0.2) is 42.5 Å². The Bertz CT molecular complexity index is 670. The van der Waals surface area contributed by atoms with Crippen molar-refractivity contribution < 1.29 is 19.4 Å². The summed E-state index contributed by atoms with van der Waals surface area (Å²) in [5, 5.41) is 9.63. The molecule has 5 nitrogen and oxygen atoms in total. The molecule has 1 aromatic rings. The van der Waals surface area contributed by atoms with E-state index in [-0.39, 0.29) is 5.91 Å². The number of carbonyl (C=O) groups is 2. The Morgan fingerprint density at radius 2 is 2.10 bits per heavy atom. The van der Waals surface area contributed by atoms with E-state index in [2.05, 4.69) is 0 Å². The van der Waals surface area contributed by atoms with Crippen LogP contribution in [0.5, 0.6) is 0 Å². The third-order valence-corrected chi connectivity index (χ3v) is 5.03. The van der Waals surface area contributed by atoms with Crippen molar-refractivity contribution >= 4 is 17.6 Å². The molecular weight excluding hydrogens is 270 g/mol. The number of anilines is 1. The molecule has 2 bridgehead atoms. The third kappa shape index (κ3) is 1.34. The minimum atomic E-state index is -1.20. The maximum Gasteiger partial charge on any atom is 0.313 e. The highest BCUT2D eigenvalue weighted by Crippen LogP contribution is 2.58. The molecule has 21 heavy (non-hydrogen) atoms. The fraction of sp³-hybridized carbons (Fsp3) is 0.375. The molecule has 1 amide bonds. The number of aliphatic carboxylic acids is 1. The van der Waals surface area contributed by atoms with Gasteiger partial charge in [-0.15, -0.1) is 0 Å². The maximum absolute atomic E-state index is 12.8. The summed E-state index contributed by atoms with van der Waals surface area (Å²) < 4.78 is 5.93. The Morgan fingerprint density at radius 1 is 1.38 bits per heavy atom. The molecule has 108 valence electrons. The van der Waals surface area contributed by atoms with Crippen LogP contribution in [0.2, 0.25) is 0 Å². The highest BCUT2D eigenvalue weighted by atomic mass is 16.5. The molecule has 5 heteroatoms. The molecule has 0 aliphatic carbocycles. The molecule has 2 unspecified atom stereocenters. The predicted molar refractivity (Wildman–Crippen MR) is 74.8 cm³/mol. The lowest BCUT2D eigenvalue weighted by atomic mass is 9.66. The van der Waals surface area contributed by atoms with E-state index in [1.165, 1.54) is 0 Å². The summed E-state index contributed by atoms with van der Waals surface area (Å²) in [5.74, 6) is -1.82. The second-order valence-electron chi connectivity index (χ2n) is 6.13. The molecule has 1 spiro atoms. The molecule has 3 aliphatic rings. The molecule has 0 saturated carbocycles. The zero-order valence-corrected chi connectivity index (χ0v) is 11.5. The van der Waals surface area contributed by atoms with Gasteiger partial charge in [-0.1, -0.05) is 30.4 Å². The van der Waals surface area contributed by atoms with E-state index in [1.54, 1.807) is 17.9 Å². The van der Waals surface area contributed by atoms with Crippen LogP contribution in [-0.4, -0.2) is 35.2 Å². The monoisotopic (exact) mass is 285 g/mol. The second-order valence-corrected chi connectivity index (χ2v) is 6.13. The van der Waals surface area contributed by atoms with Crippen molar-refractivity contribution in [3.05, 3.63) is 42.5 Å². The highest BCUT2D eigenvalue weighted by Gasteiger charge is 2.73. The number of ether oxygens (including phenoxy) is 1. The largest absolute Gasteiger partial charge is 0.481 e. The van der Waals surface area contributed by atoms with Crippen LogP contribution in [0.1, 0.15) is 6.92 Å². The highest BCUT2D eigenvalue weighted by molar-refractivity contribution is 6.03. The molecule has 4 rings (SSSR count). The van der Waals surface area contributed by atoms with E-state index in [1.807, 2.05) is 36.4 Å². The van der Waals surface area contributed by atoms with Crippen LogP contribution in [0.25, 0.3) is 0 Å². The summed E-state index contributed by atoms with van der Waals surface area (Å²) >= 11 is 0. The smallest absolute Gasteiger partial charge is 0.313 e. The molecule has 3 heterocycles. The molecule has 1 aromatic carbocycles. The zero-order chi connectivity index (χ0) is 14.8. The Kier molecular flexibility index (Phi) is 2.24. The number of carboxylic acids is 1. The Balaban J connectivity index is 1.81. The summed E-state index contributed by atoms with van der Waals surface area (Å²) in [6, 6.07) is 9.30. The minimum Gasteiger partial charge on any atom is -0.481 e. The van der Waals surface area contributed by atoms with Crippen molar-refractivity contribution in [2.75, 3.05) is 11.4 Å². The Morgan fingerprint density at radius 3 is 2.76 bits per heavy atom. The van der Waals surface area contributed by atoms with E-state index in [0.29, 0.717) is 6.54 Å². The van der Waals surface area contributed by atoms with Gasteiger partial charge in [-0.2, -0.15) is 0 Å². The van der Waals surface area contributed by atoms with Crippen molar-refractivity contribution in [2.45, 2.75) is 18.6 Å². The summed E-state index contributed by atoms with van der Waals surface area (Å²) in [6.45, 7) is 1.98. The number of nitrogens with zero attached hydrogens (tertiary/aromatic N) is 1. The fourth-order valence-corrected chi connectivity index (χ4v) is 3.92. The van der Waals surface area contributed by atoms with Gasteiger partial charge < -0.3 is 14.7 Å². The first-order valence-corrected chi connectivity index (χ1v) is 6.96. The van der Waals surface area contributed by atoms with Gasteiger partial charge in [-0.05, 0) is 19.1 Å². The van der Waals surface area contributed by atoms with Crippen molar-refractivity contribution in [3.63, 3.8) is 0 Å². The lowest BCUT2D eigenvalue weighted by Gasteiger charge is -2.30. The number of fused-ring (bicyclic) bond motifs is 1. The number of amides is 1. The lowest BCUT2D eigenvalue weighted by molar-refractivity contribution is -0.154. The molecule has 1 N–H and O–H groups in total. The second kappa shape index (κ2) is 3.74. The quantitative estimate of drug-likeness (QED) is 0.835. The van der Waals surface area contributed by atoms with Gasteiger partial charge in [-0.25, -0.2) is 0 Å². The van der Waals surface area contributed by atoms with Crippen molar-refractivity contribution in [2.24, 2.45) is 11.3 Å². The van der Waals surface area contributed by atoms with Gasteiger partial charge in [0.05, 0.1) is 18.6 Å². The van der Waals surface area contributed by atoms with Gasteiger partial charge in [0.25, 0.3) is 0 Å². The number of hydrogen-bond acceptors (Lipinski definition) is 3. The summed E-state index contributed by atoms with van der Waals surface area (Å²) in [4.78, 5) is 26.2. The maximum atomic E-state index is 12.8. The average Bonchev–Trinajstić information content (AvgIpc) is 3.09. The molecule has 0 aromatic heterocycles. The third-order valence-electron chi connectivity index (χ3n) is 5.03. The lowest BCUT2D eigenvalue weighted by Crippen LogP contribution is -2.47. The van der Waals surface area contributed by atoms with Crippen molar-refractivity contribution in [1.82, 2.24) is 0 Å². The SMILES string of the molecule is CC1(C(=O)O)[C@@H]2C(=O)N(c3ccccc3)CC23C=C[C@H]1O3. The summed E-state index contributed by atoms with van der Waals surface area (Å²) in [6.07, 6.45) is 3.13. The molecule has 0 radical (unpaired) electrons. The summed E-state index contributed by atoms with van der Waals surface area (Å²) in [7, 11) is 0. The standard InChI is InChI=1S/C16H15NO4/c1-15(14(19)20)11-7-8-16(21-11)9-17(13(18)12(15)16)10-5-3-2-4-6-10/h2-8,11-12H,9H2,1H3,(H,19,20)/t11-,12+,15?,16?/m1/s1. The topological polar surface area (TPSA) is 66.8 Å². The molecule has 2 saturated heterocycles. The van der Waals surface area contributed by atoms with Gasteiger partial charge in [0.2, 0.25) is 5.91 Å². The van der Waals surface area contributed by atoms with Crippen LogP contribution in [0, 0.1) is 11.3 Å². The Hall–Kier alpha value is -2.14. The number of benzene rings is 1. The van der Waals surface area contributed by atoms with Crippen LogP contribution >= 0.6 is 0 Å². The number of carbonyl (C=O) groups excluding carboxylic acids is 1. The average molecular weight is 285 g/mol. The van der Waals surface area contributed by atoms with Crippen molar-refractivity contribution in [3.8, 4) is 0 Å². The van der Waals surface area contributed by atoms with Gasteiger partial charge in [0.1, 0.15) is 11.0 Å². The molecule has 3 aliphatic heterocycles. The molecule has 2 fully saturated rings. The van der Waals surface area contributed by atoms with Crippen LogP contribution in [0.4, 0.5) is 5.69 Å². The van der Waals surface area contributed by atoms with Crippen LogP contribution in [0.3, 0.4) is 0 Å². The van der Waals surface area contributed by atoms with E-state index in [0.717, 1.165) is 5.69 Å². The number of rotatable bonds is 2. The normalized spacial score (nSPS) is 39.9. The van der Waals surface area contributed by atoms with Crippen LogP contribution in [-0.2, 0) is 14.3 Å². The zero-order valence-electron chi connectivity index (χ0n) is 11.5. The minimum absolute atomic E-state index is 0.169. The first-order valence-electron chi connectivity index (χ1n) is 6.96. The van der Waals surface area contributed by atoms with Gasteiger partial charge in [0.15, 0.2) is 0 Å². The first kappa shape index (κ1) is 12.6. The van der Waals surface area contributed by atoms with Crippen LogP contribution < -0.4 is 4.90 Å². The first-order chi connectivity index (χ1) is 9.99. The van der Waals surface area contributed by atoms with Gasteiger partial charge in [-0.3, -0.25) is 9.59 Å². The summed E-state index contributed by atoms with van der Waals surface area (Å²) in [5.41, 5.74) is -1.22. The number of hydrogen-bond donors (Lipinski definition) is 1. The van der Waals surface area contributed by atoms with E-state index in [4.69, 9.17) is 4.74 Å². The van der Waals surface area contributed by atoms with Crippen molar-refractivity contribution in [1.29, 1.82) is 0 Å². The fourth-order valence-electron chi connectivity index (χ4n) is 3.92. The number of para-hydroxylation sites is 1. The predicted octanol–water partition coefficient (Wildman–Crippen LogP) is 1.45. The van der Waals surface area contributed by atoms with Gasteiger partial charge >= 0.3 is 5.97 Å². The Labute approximate surface area is 121 Å². The number of carboxylic acid groups (broad SMARTS) is 1. The molecular formula is C16H15NO4. The van der Waals surface area contributed by atoms with Gasteiger partial charge in [0, 0.05) is 5.69 Å². The van der Waals surface area contributed by atoms with E-state index in [9.17, 15) is 14.7 Å². The van der Waals surface area contributed by atoms with E-state index >= 15 is 0 Å².